The van der Waals surface area contributed by atoms with Crippen molar-refractivity contribution in [2.24, 2.45) is 0 Å². The van der Waals surface area contributed by atoms with E-state index in [0.29, 0.717) is 0 Å². The van der Waals surface area contributed by atoms with Gasteiger partial charge in [-0.3, -0.25) is 9.36 Å². The van der Waals surface area contributed by atoms with Crippen LogP contribution in [0.5, 0.6) is 0 Å². The molecular weight excluding hydrogens is 478 g/mol. The van der Waals surface area contributed by atoms with Crippen molar-refractivity contribution < 1.29 is 0 Å². The first-order valence-electron chi connectivity index (χ1n) is 6.80. The summed E-state index contributed by atoms with van der Waals surface area (Å²) in [5, 5.41) is 9.15. The van der Waals surface area contributed by atoms with Gasteiger partial charge >= 0.3 is 0 Å². The van der Waals surface area contributed by atoms with E-state index in [4.69, 9.17) is 0 Å². The van der Waals surface area contributed by atoms with Crippen LogP contribution in [-0.2, 0) is 13.1 Å². The van der Waals surface area contributed by atoms with E-state index in [-0.39, 0.29) is 0 Å². The molecule has 0 fully saturated rings. The molecule has 20 heavy (non-hydrogen) atoms. The zero-order chi connectivity index (χ0) is 14.9. The number of aryl methyl sites for hydroxylation is 4. The van der Waals surface area contributed by atoms with Crippen LogP contribution in [-0.4, -0.2) is 19.6 Å². The second-order valence-electron chi connectivity index (χ2n) is 5.12. The molecule has 2 rings (SSSR count). The molecule has 4 nitrogen and oxygen atoms in total. The first-order valence-corrected chi connectivity index (χ1v) is 8.96. The lowest BCUT2D eigenvalue weighted by Gasteiger charge is -2.06. The molecule has 6 heteroatoms. The summed E-state index contributed by atoms with van der Waals surface area (Å²) in [6.07, 6.45) is 2.26. The predicted octanol–water partition coefficient (Wildman–Crippen LogP) is 4.00. The normalized spacial score (nSPS) is 11.3. The van der Waals surface area contributed by atoms with Gasteiger partial charge in [0.25, 0.3) is 0 Å². The number of rotatable bonds is 5. The lowest BCUT2D eigenvalue weighted by atomic mass is 10.3. The van der Waals surface area contributed by atoms with Gasteiger partial charge in [0.2, 0.25) is 0 Å². The highest BCUT2D eigenvalue weighted by atomic mass is 127. The van der Waals surface area contributed by atoms with E-state index < -0.39 is 0 Å². The molecule has 0 saturated carbocycles. The summed E-state index contributed by atoms with van der Waals surface area (Å²) in [5.41, 5.74) is 4.83. The molecule has 2 aromatic heterocycles. The number of unbranched alkanes of at least 4 members (excludes halogenated alkanes) is 1. The molecule has 2 heterocycles. The van der Waals surface area contributed by atoms with Gasteiger partial charge in [0.05, 0.1) is 18.5 Å². The van der Waals surface area contributed by atoms with Gasteiger partial charge in [-0.1, -0.05) is 0 Å². The zero-order valence-corrected chi connectivity index (χ0v) is 16.7. The van der Waals surface area contributed by atoms with Crippen LogP contribution in [0.3, 0.4) is 0 Å². The van der Waals surface area contributed by atoms with Crippen LogP contribution >= 0.6 is 45.2 Å². The lowest BCUT2D eigenvalue weighted by molar-refractivity contribution is 0.488. The Kier molecular flexibility index (Phi) is 5.49. The molecule has 0 radical (unpaired) electrons. The number of nitrogens with zero attached hydrogens (tertiary/aromatic N) is 4. The van der Waals surface area contributed by atoms with E-state index in [0.717, 1.165) is 37.3 Å². The second kappa shape index (κ2) is 6.76. The summed E-state index contributed by atoms with van der Waals surface area (Å²) in [6.45, 7) is 10.4. The fourth-order valence-corrected chi connectivity index (χ4v) is 3.08. The lowest BCUT2D eigenvalue weighted by Crippen LogP contribution is -2.07. The minimum atomic E-state index is 0.992. The Bertz CT molecular complexity index is 559. The Hall–Kier alpha value is -0.120. The van der Waals surface area contributed by atoms with Gasteiger partial charge in [-0.25, -0.2) is 0 Å². The van der Waals surface area contributed by atoms with E-state index in [2.05, 4.69) is 92.4 Å². The molecule has 0 atom stereocenters. The van der Waals surface area contributed by atoms with Gasteiger partial charge in [0.1, 0.15) is 0 Å². The van der Waals surface area contributed by atoms with E-state index >= 15 is 0 Å². The summed E-state index contributed by atoms with van der Waals surface area (Å²) < 4.78 is 6.83. The minimum Gasteiger partial charge on any atom is -0.269 e. The summed E-state index contributed by atoms with van der Waals surface area (Å²) in [5.74, 6) is 0. The number of hydrogen-bond donors (Lipinski definition) is 0. The van der Waals surface area contributed by atoms with Crippen molar-refractivity contribution in [3.63, 3.8) is 0 Å². The van der Waals surface area contributed by atoms with Crippen LogP contribution in [0.15, 0.2) is 0 Å². The zero-order valence-electron chi connectivity index (χ0n) is 12.4. The Labute approximate surface area is 147 Å². The molecule has 0 saturated heterocycles. The molecule has 0 aliphatic heterocycles. The van der Waals surface area contributed by atoms with E-state index in [9.17, 15) is 0 Å². The highest BCUT2D eigenvalue weighted by Gasteiger charge is 2.09. The molecule has 0 amide bonds. The quantitative estimate of drug-likeness (QED) is 0.462. The summed E-state index contributed by atoms with van der Waals surface area (Å²) in [6, 6.07) is 0. The Balaban J connectivity index is 1.87. The van der Waals surface area contributed by atoms with Crippen LogP contribution in [0.4, 0.5) is 0 Å². The molecule has 0 aliphatic carbocycles. The summed E-state index contributed by atoms with van der Waals surface area (Å²) in [7, 11) is 0. The fourth-order valence-electron chi connectivity index (χ4n) is 2.31. The van der Waals surface area contributed by atoms with Gasteiger partial charge in [-0.15, -0.1) is 0 Å². The van der Waals surface area contributed by atoms with Gasteiger partial charge in [0, 0.05) is 24.5 Å². The molecule has 0 spiro atoms. The fraction of sp³-hybridized carbons (Fsp3) is 0.571. The number of halogens is 2. The molecule has 0 N–H and O–H groups in total. The van der Waals surface area contributed by atoms with Crippen molar-refractivity contribution in [1.82, 2.24) is 19.6 Å². The summed E-state index contributed by atoms with van der Waals surface area (Å²) >= 11 is 4.74. The highest BCUT2D eigenvalue weighted by molar-refractivity contribution is 14.1. The van der Waals surface area contributed by atoms with Crippen molar-refractivity contribution in [3.8, 4) is 0 Å². The molecule has 0 unspecified atom stereocenters. The van der Waals surface area contributed by atoms with E-state index in [1.807, 2.05) is 0 Å². The third kappa shape index (κ3) is 3.37. The average Bonchev–Trinajstić information content (AvgIpc) is 2.80. The van der Waals surface area contributed by atoms with Crippen molar-refractivity contribution >= 4 is 45.2 Å². The maximum Gasteiger partial charge on any atom is 0.0729 e. The van der Waals surface area contributed by atoms with Crippen molar-refractivity contribution in [3.05, 3.63) is 29.9 Å². The molecule has 0 aromatic carbocycles. The Morgan fingerprint density at radius 1 is 0.750 bits per heavy atom. The van der Waals surface area contributed by atoms with Gasteiger partial charge in [0.15, 0.2) is 0 Å². The first-order chi connectivity index (χ1) is 9.41. The molecule has 2 aromatic rings. The van der Waals surface area contributed by atoms with Crippen molar-refractivity contribution in [2.75, 3.05) is 0 Å². The molecule has 0 bridgehead atoms. The maximum atomic E-state index is 4.58. The van der Waals surface area contributed by atoms with Crippen LogP contribution < -0.4 is 0 Å². The van der Waals surface area contributed by atoms with Crippen LogP contribution in [0.25, 0.3) is 0 Å². The molecule has 0 aliphatic rings. The molecular formula is C14H20I2N4. The highest BCUT2D eigenvalue weighted by Crippen LogP contribution is 2.17. The van der Waals surface area contributed by atoms with Gasteiger partial charge in [-0.2, -0.15) is 10.2 Å². The van der Waals surface area contributed by atoms with Gasteiger partial charge in [-0.05, 0) is 85.7 Å². The van der Waals surface area contributed by atoms with Crippen LogP contribution in [0.2, 0.25) is 0 Å². The topological polar surface area (TPSA) is 35.6 Å². The van der Waals surface area contributed by atoms with Crippen molar-refractivity contribution in [1.29, 1.82) is 0 Å². The summed E-state index contributed by atoms with van der Waals surface area (Å²) in [4.78, 5) is 0. The maximum absolute atomic E-state index is 4.58. The predicted molar refractivity (Wildman–Crippen MR) is 98.1 cm³/mol. The third-order valence-corrected chi connectivity index (χ3v) is 6.70. The number of aromatic nitrogens is 4. The van der Waals surface area contributed by atoms with Gasteiger partial charge < -0.3 is 0 Å². The van der Waals surface area contributed by atoms with E-state index in [1.54, 1.807) is 0 Å². The Morgan fingerprint density at radius 2 is 1.10 bits per heavy atom. The average molecular weight is 498 g/mol. The molecule has 110 valence electrons. The monoisotopic (exact) mass is 498 g/mol. The minimum absolute atomic E-state index is 0.992. The second-order valence-corrected chi connectivity index (χ2v) is 7.28. The van der Waals surface area contributed by atoms with Crippen LogP contribution in [0, 0.1) is 34.8 Å². The largest absolute Gasteiger partial charge is 0.269 e. The Morgan fingerprint density at radius 3 is 1.35 bits per heavy atom. The SMILES string of the molecule is Cc1nn(CCCCn2nc(C)c(I)c2C)c(C)c1I. The van der Waals surface area contributed by atoms with Crippen molar-refractivity contribution in [2.45, 2.75) is 53.6 Å². The number of hydrogen-bond acceptors (Lipinski definition) is 2. The van der Waals surface area contributed by atoms with Crippen LogP contribution in [0.1, 0.15) is 35.6 Å². The standard InChI is InChI=1S/C14H20I2N4/c1-9-13(15)11(3)19(17-9)7-5-6-8-20-12(4)14(16)10(2)18-20/h5-8H2,1-4H3. The first kappa shape index (κ1) is 16.3. The smallest absolute Gasteiger partial charge is 0.0729 e. The third-order valence-electron chi connectivity index (χ3n) is 3.58. The van der Waals surface area contributed by atoms with E-state index in [1.165, 1.54) is 18.5 Å².